The van der Waals surface area contributed by atoms with Crippen molar-refractivity contribution in [2.24, 2.45) is 0 Å². The number of benzene rings is 1. The SMILES string of the molecule is Nc1nnc(CNC(=O)Nc2ccc(OCC3CCCCO3)cc2)s1. The van der Waals surface area contributed by atoms with Crippen LogP contribution in [0.5, 0.6) is 5.75 Å². The van der Waals surface area contributed by atoms with Crippen LogP contribution in [-0.4, -0.2) is 35.5 Å². The van der Waals surface area contributed by atoms with Crippen molar-refractivity contribution >= 4 is 28.2 Å². The smallest absolute Gasteiger partial charge is 0.319 e. The topological polar surface area (TPSA) is 111 Å². The van der Waals surface area contributed by atoms with E-state index >= 15 is 0 Å². The molecule has 0 spiro atoms. The number of hydrogen-bond donors (Lipinski definition) is 3. The number of rotatable bonds is 6. The molecular weight excluding hydrogens is 342 g/mol. The van der Waals surface area contributed by atoms with Gasteiger partial charge in [-0.1, -0.05) is 11.3 Å². The Kier molecular flexibility index (Phi) is 6.02. The molecule has 0 radical (unpaired) electrons. The molecule has 1 aliphatic rings. The molecule has 1 fully saturated rings. The molecule has 1 aliphatic heterocycles. The second-order valence-corrected chi connectivity index (χ2v) is 6.76. The van der Waals surface area contributed by atoms with Crippen molar-refractivity contribution in [1.82, 2.24) is 15.5 Å². The van der Waals surface area contributed by atoms with Crippen LogP contribution >= 0.6 is 11.3 Å². The highest BCUT2D eigenvalue weighted by Gasteiger charge is 2.14. The molecule has 4 N–H and O–H groups in total. The van der Waals surface area contributed by atoms with E-state index < -0.39 is 0 Å². The van der Waals surface area contributed by atoms with Crippen LogP contribution in [0.2, 0.25) is 0 Å². The largest absolute Gasteiger partial charge is 0.491 e. The average molecular weight is 363 g/mol. The Hall–Kier alpha value is -2.39. The molecule has 2 amide bonds. The summed E-state index contributed by atoms with van der Waals surface area (Å²) in [5, 5.41) is 14.0. The monoisotopic (exact) mass is 363 g/mol. The highest BCUT2D eigenvalue weighted by atomic mass is 32.1. The van der Waals surface area contributed by atoms with E-state index in [0.717, 1.165) is 25.2 Å². The van der Waals surface area contributed by atoms with Gasteiger partial charge in [0.1, 0.15) is 17.4 Å². The van der Waals surface area contributed by atoms with Gasteiger partial charge >= 0.3 is 6.03 Å². The first kappa shape index (κ1) is 17.4. The quantitative estimate of drug-likeness (QED) is 0.727. The average Bonchev–Trinajstić information content (AvgIpc) is 3.06. The number of nitrogens with zero attached hydrogens (tertiary/aromatic N) is 2. The molecule has 0 bridgehead atoms. The van der Waals surface area contributed by atoms with Crippen molar-refractivity contribution in [3.8, 4) is 5.75 Å². The number of anilines is 2. The highest BCUT2D eigenvalue weighted by Crippen LogP contribution is 2.18. The molecular formula is C16H21N5O3S. The fraction of sp³-hybridized carbons (Fsp3) is 0.438. The fourth-order valence-electron chi connectivity index (χ4n) is 2.43. The van der Waals surface area contributed by atoms with Gasteiger partial charge in [-0.2, -0.15) is 0 Å². The standard InChI is InChI=1S/C16H21N5O3S/c17-15-21-20-14(25-15)9-18-16(22)19-11-4-6-12(7-5-11)24-10-13-3-1-2-8-23-13/h4-7,13H,1-3,8-10H2,(H2,17,21)(H2,18,19,22). The molecule has 1 unspecified atom stereocenters. The second-order valence-electron chi connectivity index (χ2n) is 5.67. The van der Waals surface area contributed by atoms with E-state index in [2.05, 4.69) is 20.8 Å². The minimum atomic E-state index is -0.321. The third-order valence-electron chi connectivity index (χ3n) is 3.70. The molecule has 3 rings (SSSR count). The number of carbonyl (C=O) groups excluding carboxylic acids is 1. The normalized spacial score (nSPS) is 17.0. The van der Waals surface area contributed by atoms with Crippen molar-refractivity contribution in [3.05, 3.63) is 29.3 Å². The maximum atomic E-state index is 11.9. The molecule has 1 aromatic carbocycles. The zero-order chi connectivity index (χ0) is 17.5. The van der Waals surface area contributed by atoms with Crippen LogP contribution in [0.25, 0.3) is 0 Å². The van der Waals surface area contributed by atoms with Crippen LogP contribution in [0.4, 0.5) is 15.6 Å². The van der Waals surface area contributed by atoms with E-state index in [1.54, 1.807) is 12.1 Å². The van der Waals surface area contributed by atoms with Gasteiger partial charge < -0.3 is 25.8 Å². The van der Waals surface area contributed by atoms with E-state index in [9.17, 15) is 4.79 Å². The number of ether oxygens (including phenoxy) is 2. The van der Waals surface area contributed by atoms with Gasteiger partial charge in [0.25, 0.3) is 0 Å². The molecule has 25 heavy (non-hydrogen) atoms. The van der Waals surface area contributed by atoms with Crippen LogP contribution in [0, 0.1) is 0 Å². The zero-order valence-electron chi connectivity index (χ0n) is 13.7. The molecule has 2 heterocycles. The lowest BCUT2D eigenvalue weighted by Crippen LogP contribution is -2.28. The lowest BCUT2D eigenvalue weighted by Gasteiger charge is -2.22. The minimum absolute atomic E-state index is 0.173. The molecule has 2 aromatic rings. The highest BCUT2D eigenvalue weighted by molar-refractivity contribution is 7.15. The molecule has 0 saturated carbocycles. The number of urea groups is 1. The number of nitrogen functional groups attached to an aromatic ring is 1. The summed E-state index contributed by atoms with van der Waals surface area (Å²) in [6.07, 6.45) is 3.54. The molecule has 8 nitrogen and oxygen atoms in total. The number of amides is 2. The van der Waals surface area contributed by atoms with Crippen LogP contribution in [0.1, 0.15) is 24.3 Å². The van der Waals surface area contributed by atoms with Gasteiger partial charge in [0.05, 0.1) is 12.6 Å². The van der Waals surface area contributed by atoms with E-state index in [4.69, 9.17) is 15.2 Å². The number of nitrogens with one attached hydrogen (secondary N) is 2. The molecule has 9 heteroatoms. The maximum absolute atomic E-state index is 11.9. The van der Waals surface area contributed by atoms with Gasteiger partial charge in [-0.05, 0) is 43.5 Å². The van der Waals surface area contributed by atoms with Crippen LogP contribution in [-0.2, 0) is 11.3 Å². The van der Waals surface area contributed by atoms with Gasteiger partial charge in [0, 0.05) is 12.3 Å². The minimum Gasteiger partial charge on any atom is -0.491 e. The first-order chi connectivity index (χ1) is 12.2. The Labute approximate surface area is 149 Å². The molecule has 1 saturated heterocycles. The molecule has 1 aromatic heterocycles. The first-order valence-corrected chi connectivity index (χ1v) is 8.98. The third kappa shape index (κ3) is 5.57. The van der Waals surface area contributed by atoms with Gasteiger partial charge in [-0.15, -0.1) is 10.2 Å². The zero-order valence-corrected chi connectivity index (χ0v) is 14.6. The summed E-state index contributed by atoms with van der Waals surface area (Å²) in [5.74, 6) is 0.754. The number of hydrogen-bond acceptors (Lipinski definition) is 7. The Morgan fingerprint density at radius 3 is 2.84 bits per heavy atom. The Balaban J connectivity index is 1.41. The van der Waals surface area contributed by atoms with E-state index in [-0.39, 0.29) is 18.7 Å². The van der Waals surface area contributed by atoms with Crippen molar-refractivity contribution in [2.45, 2.75) is 31.9 Å². The summed E-state index contributed by atoms with van der Waals surface area (Å²) in [4.78, 5) is 11.9. The predicted molar refractivity (Wildman–Crippen MR) is 95.7 cm³/mol. The Bertz CT molecular complexity index is 685. The number of aromatic nitrogens is 2. The van der Waals surface area contributed by atoms with Gasteiger partial charge in [0.2, 0.25) is 5.13 Å². The van der Waals surface area contributed by atoms with Crippen molar-refractivity contribution < 1.29 is 14.3 Å². The van der Waals surface area contributed by atoms with E-state index in [1.165, 1.54) is 17.8 Å². The summed E-state index contributed by atoms with van der Waals surface area (Å²) in [7, 11) is 0. The van der Waals surface area contributed by atoms with Crippen LogP contribution in [0.15, 0.2) is 24.3 Å². The van der Waals surface area contributed by atoms with Crippen molar-refractivity contribution in [1.29, 1.82) is 0 Å². The number of carbonyl (C=O) groups is 1. The van der Waals surface area contributed by atoms with Gasteiger partial charge in [-0.3, -0.25) is 0 Å². The van der Waals surface area contributed by atoms with Crippen molar-refractivity contribution in [2.75, 3.05) is 24.3 Å². The summed E-state index contributed by atoms with van der Waals surface area (Å²) in [6.45, 7) is 1.65. The summed E-state index contributed by atoms with van der Waals surface area (Å²) < 4.78 is 11.4. The first-order valence-electron chi connectivity index (χ1n) is 8.16. The molecule has 1 atom stereocenters. The fourth-order valence-corrected chi connectivity index (χ4v) is 2.98. The van der Waals surface area contributed by atoms with Crippen LogP contribution < -0.4 is 21.1 Å². The summed E-state index contributed by atoms with van der Waals surface area (Å²) in [5.41, 5.74) is 6.17. The predicted octanol–water partition coefficient (Wildman–Crippen LogP) is 2.39. The van der Waals surface area contributed by atoms with Gasteiger partial charge in [-0.25, -0.2) is 4.79 Å². The third-order valence-corrected chi connectivity index (χ3v) is 4.46. The van der Waals surface area contributed by atoms with Crippen molar-refractivity contribution in [3.63, 3.8) is 0 Å². The Morgan fingerprint density at radius 1 is 1.32 bits per heavy atom. The van der Waals surface area contributed by atoms with Crippen LogP contribution in [0.3, 0.4) is 0 Å². The van der Waals surface area contributed by atoms with Gasteiger partial charge in [0.15, 0.2) is 0 Å². The van der Waals surface area contributed by atoms with E-state index in [1.807, 2.05) is 12.1 Å². The number of nitrogens with two attached hydrogens (primary N) is 1. The molecule has 0 aliphatic carbocycles. The maximum Gasteiger partial charge on any atom is 0.319 e. The lowest BCUT2D eigenvalue weighted by molar-refractivity contribution is -0.0110. The van der Waals surface area contributed by atoms with E-state index in [0.29, 0.717) is 22.4 Å². The summed E-state index contributed by atoms with van der Waals surface area (Å²) >= 11 is 1.24. The second kappa shape index (κ2) is 8.63. The Morgan fingerprint density at radius 2 is 2.16 bits per heavy atom. The summed E-state index contributed by atoms with van der Waals surface area (Å²) in [6, 6.07) is 6.91. The molecule has 134 valence electrons. The lowest BCUT2D eigenvalue weighted by atomic mass is 10.1.